The summed E-state index contributed by atoms with van der Waals surface area (Å²) in [6.45, 7) is 8.85. The van der Waals surface area contributed by atoms with E-state index < -0.39 is 5.97 Å². The molecule has 5 heteroatoms. The summed E-state index contributed by atoms with van der Waals surface area (Å²) in [5, 5.41) is 12.1. The molecule has 0 spiro atoms. The lowest BCUT2D eigenvalue weighted by Crippen LogP contribution is -2.12. The van der Waals surface area contributed by atoms with Crippen LogP contribution in [0.2, 0.25) is 0 Å². The van der Waals surface area contributed by atoms with E-state index in [1.165, 1.54) is 0 Å². The van der Waals surface area contributed by atoms with Gasteiger partial charge in [0.15, 0.2) is 0 Å². The molecule has 0 saturated carbocycles. The lowest BCUT2D eigenvalue weighted by Gasteiger charge is -2.14. The number of aromatic nitrogens is 2. The second kappa shape index (κ2) is 4.81. The lowest BCUT2D eigenvalue weighted by atomic mass is 9.93. The number of nitrogens with zero attached hydrogens (tertiary/aromatic N) is 2. The number of carboxylic acids is 1. The summed E-state index contributed by atoms with van der Waals surface area (Å²) in [4.78, 5) is 15.6. The van der Waals surface area contributed by atoms with E-state index in [4.69, 9.17) is 5.11 Å². The molecule has 4 nitrogen and oxygen atoms in total. The van der Waals surface area contributed by atoms with E-state index >= 15 is 0 Å². The number of carboxylic acid groups (broad SMARTS) is 1. The quantitative estimate of drug-likeness (QED) is 0.937. The predicted octanol–water partition coefficient (Wildman–Crippen LogP) is 3.30. The zero-order valence-electron chi connectivity index (χ0n) is 11.6. The number of hydrogen-bond acceptors (Lipinski definition) is 3. The van der Waals surface area contributed by atoms with E-state index in [1.807, 2.05) is 11.5 Å². The van der Waals surface area contributed by atoms with Crippen LogP contribution in [-0.4, -0.2) is 20.6 Å². The fourth-order valence-corrected chi connectivity index (χ4v) is 2.84. The van der Waals surface area contributed by atoms with Gasteiger partial charge >= 0.3 is 5.97 Å². The zero-order valence-corrected chi connectivity index (χ0v) is 12.4. The minimum absolute atomic E-state index is 0.0483. The molecular formula is C14H18N2O2S. The Kier molecular flexibility index (Phi) is 3.49. The van der Waals surface area contributed by atoms with Gasteiger partial charge in [0.25, 0.3) is 0 Å². The maximum Gasteiger partial charge on any atom is 0.337 e. The first-order valence-electron chi connectivity index (χ1n) is 6.13. The summed E-state index contributed by atoms with van der Waals surface area (Å²) in [6.07, 6.45) is 1.80. The largest absolute Gasteiger partial charge is 0.478 e. The lowest BCUT2D eigenvalue weighted by molar-refractivity contribution is 0.0696. The minimum Gasteiger partial charge on any atom is -0.478 e. The second-order valence-electron chi connectivity index (χ2n) is 5.62. The third kappa shape index (κ3) is 2.87. The average Bonchev–Trinajstić information content (AvgIpc) is 2.87. The van der Waals surface area contributed by atoms with E-state index in [-0.39, 0.29) is 5.41 Å². The van der Waals surface area contributed by atoms with Crippen LogP contribution in [0.4, 0.5) is 0 Å². The first-order valence-corrected chi connectivity index (χ1v) is 7.01. The molecule has 19 heavy (non-hydrogen) atoms. The Balaban J connectivity index is 2.22. The molecule has 1 N–H and O–H groups in total. The Morgan fingerprint density at radius 1 is 1.47 bits per heavy atom. The zero-order chi connectivity index (χ0) is 14.2. The molecule has 0 aliphatic heterocycles. The van der Waals surface area contributed by atoms with Crippen LogP contribution in [0, 0.1) is 6.92 Å². The number of carbonyl (C=O) groups is 1. The van der Waals surface area contributed by atoms with Crippen molar-refractivity contribution in [2.75, 3.05) is 0 Å². The fourth-order valence-electron chi connectivity index (χ4n) is 1.82. The molecule has 102 valence electrons. The van der Waals surface area contributed by atoms with Crippen molar-refractivity contribution in [2.45, 2.75) is 39.7 Å². The Morgan fingerprint density at radius 3 is 2.63 bits per heavy atom. The molecule has 0 aromatic carbocycles. The molecule has 0 bridgehead atoms. The van der Waals surface area contributed by atoms with E-state index in [1.54, 1.807) is 23.6 Å². The molecule has 2 aromatic heterocycles. The first-order chi connectivity index (χ1) is 8.79. The molecule has 0 unspecified atom stereocenters. The Bertz CT molecular complexity index is 605. The highest BCUT2D eigenvalue weighted by Gasteiger charge is 2.18. The minimum atomic E-state index is -0.884. The monoisotopic (exact) mass is 278 g/mol. The van der Waals surface area contributed by atoms with Crippen molar-refractivity contribution >= 4 is 17.3 Å². The van der Waals surface area contributed by atoms with Crippen molar-refractivity contribution in [3.8, 4) is 0 Å². The molecule has 0 atom stereocenters. The summed E-state index contributed by atoms with van der Waals surface area (Å²) in [6, 6.07) is 1.63. The average molecular weight is 278 g/mol. The van der Waals surface area contributed by atoms with Crippen LogP contribution in [-0.2, 0) is 12.0 Å². The van der Waals surface area contributed by atoms with E-state index in [0.29, 0.717) is 12.1 Å². The van der Waals surface area contributed by atoms with Gasteiger partial charge in [-0.25, -0.2) is 9.78 Å². The Morgan fingerprint density at radius 2 is 2.16 bits per heavy atom. The number of rotatable bonds is 3. The van der Waals surface area contributed by atoms with Gasteiger partial charge in [0.1, 0.15) is 5.01 Å². The van der Waals surface area contributed by atoms with Crippen LogP contribution in [0.3, 0.4) is 0 Å². The van der Waals surface area contributed by atoms with Crippen LogP contribution in [0.25, 0.3) is 0 Å². The second-order valence-corrected chi connectivity index (χ2v) is 6.57. The SMILES string of the molecule is Cc1c(C(=O)O)ccn1Cc1nc(C(C)(C)C)cs1. The van der Waals surface area contributed by atoms with Crippen LogP contribution >= 0.6 is 11.3 Å². The van der Waals surface area contributed by atoms with Gasteiger partial charge in [-0.05, 0) is 13.0 Å². The molecule has 0 amide bonds. The first kappa shape index (κ1) is 13.8. The van der Waals surface area contributed by atoms with Gasteiger partial charge in [0.2, 0.25) is 0 Å². The third-order valence-electron chi connectivity index (χ3n) is 3.10. The molecule has 2 heterocycles. The molecule has 0 aliphatic rings. The van der Waals surface area contributed by atoms with Gasteiger partial charge in [0.05, 0.1) is 17.8 Å². The molecule has 2 rings (SSSR count). The topological polar surface area (TPSA) is 55.1 Å². The van der Waals surface area contributed by atoms with Crippen LogP contribution < -0.4 is 0 Å². The molecule has 0 fully saturated rings. The summed E-state index contributed by atoms with van der Waals surface area (Å²) < 4.78 is 1.93. The van der Waals surface area contributed by atoms with E-state index in [0.717, 1.165) is 16.4 Å². The third-order valence-corrected chi connectivity index (χ3v) is 3.93. The number of thiazole rings is 1. The summed E-state index contributed by atoms with van der Waals surface area (Å²) >= 11 is 1.62. The van der Waals surface area contributed by atoms with Crippen molar-refractivity contribution in [3.63, 3.8) is 0 Å². The molecule has 0 radical (unpaired) electrons. The van der Waals surface area contributed by atoms with Crippen LogP contribution in [0.1, 0.15) is 47.5 Å². The van der Waals surface area contributed by atoms with Crippen molar-refractivity contribution in [1.29, 1.82) is 0 Å². The highest BCUT2D eigenvalue weighted by atomic mass is 32.1. The van der Waals surface area contributed by atoms with Gasteiger partial charge in [-0.2, -0.15) is 0 Å². The van der Waals surface area contributed by atoms with Crippen molar-refractivity contribution in [1.82, 2.24) is 9.55 Å². The van der Waals surface area contributed by atoms with E-state index in [2.05, 4.69) is 31.1 Å². The summed E-state index contributed by atoms with van der Waals surface area (Å²) in [5.74, 6) is -0.884. The number of hydrogen-bond donors (Lipinski definition) is 1. The van der Waals surface area contributed by atoms with Crippen molar-refractivity contribution in [2.24, 2.45) is 0 Å². The summed E-state index contributed by atoms with van der Waals surface area (Å²) in [7, 11) is 0. The fraction of sp³-hybridized carbons (Fsp3) is 0.429. The predicted molar refractivity (Wildman–Crippen MR) is 76.0 cm³/mol. The maximum absolute atomic E-state index is 11.0. The van der Waals surface area contributed by atoms with E-state index in [9.17, 15) is 4.79 Å². The Labute approximate surface area is 116 Å². The number of aromatic carboxylic acids is 1. The van der Waals surface area contributed by atoms with Gasteiger partial charge in [0, 0.05) is 22.7 Å². The maximum atomic E-state index is 11.0. The van der Waals surface area contributed by atoms with Gasteiger partial charge in [-0.3, -0.25) is 0 Å². The highest BCUT2D eigenvalue weighted by Crippen LogP contribution is 2.24. The van der Waals surface area contributed by atoms with Crippen LogP contribution in [0.15, 0.2) is 17.6 Å². The standard InChI is InChI=1S/C14H18N2O2S/c1-9-10(13(17)18)5-6-16(9)7-12-15-11(8-19-12)14(2,3)4/h5-6,8H,7H2,1-4H3,(H,17,18). The highest BCUT2D eigenvalue weighted by molar-refractivity contribution is 7.09. The van der Waals surface area contributed by atoms with Crippen LogP contribution in [0.5, 0.6) is 0 Å². The van der Waals surface area contributed by atoms with Gasteiger partial charge < -0.3 is 9.67 Å². The van der Waals surface area contributed by atoms with Crippen molar-refractivity contribution < 1.29 is 9.90 Å². The normalized spacial score (nSPS) is 11.8. The smallest absolute Gasteiger partial charge is 0.337 e. The molecule has 0 saturated heterocycles. The Hall–Kier alpha value is -1.62. The summed E-state index contributed by atoms with van der Waals surface area (Å²) in [5.41, 5.74) is 2.25. The van der Waals surface area contributed by atoms with Gasteiger partial charge in [-0.1, -0.05) is 20.8 Å². The molecule has 2 aromatic rings. The van der Waals surface area contributed by atoms with Crippen molar-refractivity contribution in [3.05, 3.63) is 39.6 Å². The molecular weight excluding hydrogens is 260 g/mol. The molecule has 0 aliphatic carbocycles. The van der Waals surface area contributed by atoms with Gasteiger partial charge in [-0.15, -0.1) is 11.3 Å².